The third-order valence-electron chi connectivity index (χ3n) is 4.59. The van der Waals surface area contributed by atoms with E-state index < -0.39 is 45.8 Å². The lowest BCUT2D eigenvalue weighted by atomic mass is 9.92. The van der Waals surface area contributed by atoms with E-state index in [0.29, 0.717) is 17.0 Å². The maximum atomic E-state index is 12.8. The van der Waals surface area contributed by atoms with Gasteiger partial charge in [-0.05, 0) is 19.4 Å². The van der Waals surface area contributed by atoms with Crippen LogP contribution in [-0.4, -0.2) is 55.3 Å². The van der Waals surface area contributed by atoms with Gasteiger partial charge in [-0.1, -0.05) is 29.8 Å². The third-order valence-corrected chi connectivity index (χ3v) is 6.68. The predicted octanol–water partition coefficient (Wildman–Crippen LogP) is 0.410. The average Bonchev–Trinajstić information content (AvgIpc) is 2.99. The molecule has 4 amide bonds. The SMILES string of the molecule is C[C@@]1(c2ccccc2Cl)NC(=O)N(CC(=O)N[C@H]2CCS(=O)(=O)C2)C1=O. The summed E-state index contributed by atoms with van der Waals surface area (Å²) in [5.41, 5.74) is -0.934. The molecule has 10 heteroatoms. The molecule has 26 heavy (non-hydrogen) atoms. The van der Waals surface area contributed by atoms with Gasteiger partial charge >= 0.3 is 6.03 Å². The average molecular weight is 400 g/mol. The second-order valence-electron chi connectivity index (χ2n) is 6.59. The lowest BCUT2D eigenvalue weighted by molar-refractivity contribution is -0.135. The van der Waals surface area contributed by atoms with Gasteiger partial charge in [0.05, 0.1) is 11.5 Å². The van der Waals surface area contributed by atoms with Crippen molar-refractivity contribution < 1.29 is 22.8 Å². The molecule has 2 heterocycles. The molecule has 2 saturated heterocycles. The molecule has 0 unspecified atom stereocenters. The number of amides is 4. The summed E-state index contributed by atoms with van der Waals surface area (Å²) in [6.45, 7) is 1.04. The highest BCUT2D eigenvalue weighted by molar-refractivity contribution is 7.91. The number of carbonyl (C=O) groups excluding carboxylic acids is 3. The van der Waals surface area contributed by atoms with Crippen molar-refractivity contribution >= 4 is 39.3 Å². The van der Waals surface area contributed by atoms with E-state index in [0.717, 1.165) is 4.90 Å². The molecule has 2 aliphatic heterocycles. The predicted molar refractivity (Wildman–Crippen MR) is 94.3 cm³/mol. The fourth-order valence-corrected chi connectivity index (χ4v) is 5.21. The standard InChI is InChI=1S/C16H18ClN3O5S/c1-16(11-4-2-3-5-12(11)17)14(22)20(15(23)19-16)8-13(21)18-10-6-7-26(24,25)9-10/h2-5,10H,6-9H2,1H3,(H,18,21)(H,19,23)/t10-,16-/m0/s1. The summed E-state index contributed by atoms with van der Waals surface area (Å²) in [7, 11) is -3.14. The Labute approximate surface area is 155 Å². The smallest absolute Gasteiger partial charge is 0.325 e. The Balaban J connectivity index is 1.72. The Morgan fingerprint density at radius 2 is 2.08 bits per heavy atom. The molecule has 2 atom stereocenters. The van der Waals surface area contributed by atoms with Gasteiger partial charge in [0, 0.05) is 16.6 Å². The summed E-state index contributed by atoms with van der Waals surface area (Å²) in [6, 6.07) is 5.44. The number of rotatable bonds is 4. The molecule has 140 valence electrons. The zero-order valence-electron chi connectivity index (χ0n) is 14.0. The van der Waals surface area contributed by atoms with Gasteiger partial charge in [0.2, 0.25) is 5.91 Å². The highest BCUT2D eigenvalue weighted by atomic mass is 35.5. The van der Waals surface area contributed by atoms with Crippen LogP contribution in [-0.2, 0) is 25.0 Å². The van der Waals surface area contributed by atoms with E-state index in [1.54, 1.807) is 24.3 Å². The van der Waals surface area contributed by atoms with Gasteiger partial charge in [-0.15, -0.1) is 0 Å². The minimum Gasteiger partial charge on any atom is -0.351 e. The van der Waals surface area contributed by atoms with Crippen molar-refractivity contribution in [3.05, 3.63) is 34.9 Å². The molecular weight excluding hydrogens is 382 g/mol. The van der Waals surface area contributed by atoms with Gasteiger partial charge < -0.3 is 10.6 Å². The number of halogens is 1. The Kier molecular flexibility index (Phi) is 4.70. The molecule has 0 aromatic heterocycles. The maximum Gasteiger partial charge on any atom is 0.325 e. The second-order valence-corrected chi connectivity index (χ2v) is 9.23. The molecule has 0 saturated carbocycles. The molecule has 0 radical (unpaired) electrons. The van der Waals surface area contributed by atoms with Crippen LogP contribution in [0.15, 0.2) is 24.3 Å². The van der Waals surface area contributed by atoms with Crippen molar-refractivity contribution in [2.75, 3.05) is 18.1 Å². The van der Waals surface area contributed by atoms with E-state index in [-0.39, 0.29) is 11.5 Å². The van der Waals surface area contributed by atoms with E-state index in [4.69, 9.17) is 11.6 Å². The van der Waals surface area contributed by atoms with Gasteiger partial charge in [0.1, 0.15) is 12.1 Å². The van der Waals surface area contributed by atoms with Gasteiger partial charge in [-0.3, -0.25) is 14.5 Å². The van der Waals surface area contributed by atoms with E-state index in [1.165, 1.54) is 6.92 Å². The highest BCUT2D eigenvalue weighted by Crippen LogP contribution is 2.33. The van der Waals surface area contributed by atoms with Crippen LogP contribution < -0.4 is 10.6 Å². The number of benzene rings is 1. The number of nitrogens with zero attached hydrogens (tertiary/aromatic N) is 1. The molecule has 2 aliphatic rings. The minimum absolute atomic E-state index is 0.0195. The van der Waals surface area contributed by atoms with Gasteiger partial charge in [0.15, 0.2) is 9.84 Å². The largest absolute Gasteiger partial charge is 0.351 e. The molecule has 0 spiro atoms. The maximum absolute atomic E-state index is 12.8. The van der Waals surface area contributed by atoms with E-state index in [9.17, 15) is 22.8 Å². The quantitative estimate of drug-likeness (QED) is 0.712. The Morgan fingerprint density at radius 1 is 1.38 bits per heavy atom. The van der Waals surface area contributed by atoms with E-state index in [2.05, 4.69) is 10.6 Å². The summed E-state index contributed by atoms with van der Waals surface area (Å²) in [6.07, 6.45) is 0.325. The van der Waals surface area contributed by atoms with E-state index in [1.807, 2.05) is 0 Å². The molecule has 8 nitrogen and oxygen atoms in total. The Hall–Kier alpha value is -2.13. The third kappa shape index (κ3) is 3.41. The summed E-state index contributed by atoms with van der Waals surface area (Å²) in [5, 5.41) is 5.46. The molecule has 2 N–H and O–H groups in total. The van der Waals surface area contributed by atoms with Crippen LogP contribution in [0.3, 0.4) is 0 Å². The van der Waals surface area contributed by atoms with Crippen LogP contribution in [0.5, 0.6) is 0 Å². The number of carbonyl (C=O) groups is 3. The number of sulfone groups is 1. The van der Waals surface area contributed by atoms with Crippen LogP contribution >= 0.6 is 11.6 Å². The molecule has 1 aromatic rings. The summed E-state index contributed by atoms with van der Waals surface area (Å²) in [5.74, 6) is -1.29. The van der Waals surface area contributed by atoms with Crippen LogP contribution in [0.25, 0.3) is 0 Å². The first-order valence-corrected chi connectivity index (χ1v) is 10.2. The Morgan fingerprint density at radius 3 is 2.69 bits per heavy atom. The first kappa shape index (κ1) is 18.7. The topological polar surface area (TPSA) is 113 Å². The molecule has 3 rings (SSSR count). The van der Waals surface area contributed by atoms with Gasteiger partial charge in [0.25, 0.3) is 5.91 Å². The van der Waals surface area contributed by atoms with Crippen LogP contribution in [0.4, 0.5) is 4.79 Å². The minimum atomic E-state index is -3.14. The van der Waals surface area contributed by atoms with Crippen molar-refractivity contribution in [1.82, 2.24) is 15.5 Å². The van der Waals surface area contributed by atoms with E-state index >= 15 is 0 Å². The van der Waals surface area contributed by atoms with Crippen molar-refractivity contribution in [2.24, 2.45) is 0 Å². The van der Waals surface area contributed by atoms with Crippen molar-refractivity contribution in [3.63, 3.8) is 0 Å². The number of nitrogens with one attached hydrogen (secondary N) is 2. The van der Waals surface area contributed by atoms with Crippen molar-refractivity contribution in [1.29, 1.82) is 0 Å². The first-order valence-electron chi connectivity index (χ1n) is 8.01. The molecule has 0 aliphatic carbocycles. The van der Waals surface area contributed by atoms with Gasteiger partial charge in [-0.25, -0.2) is 13.2 Å². The molecule has 2 fully saturated rings. The molecule has 1 aromatic carbocycles. The number of hydrogen-bond acceptors (Lipinski definition) is 5. The lowest BCUT2D eigenvalue weighted by Gasteiger charge is -2.23. The summed E-state index contributed by atoms with van der Waals surface area (Å²) >= 11 is 6.14. The van der Waals surface area contributed by atoms with Crippen LogP contribution in [0.1, 0.15) is 18.9 Å². The Bertz CT molecular complexity index is 888. The zero-order chi connectivity index (χ0) is 19.1. The fraction of sp³-hybridized carbons (Fsp3) is 0.438. The lowest BCUT2D eigenvalue weighted by Crippen LogP contribution is -2.45. The summed E-state index contributed by atoms with van der Waals surface area (Å²) in [4.78, 5) is 38.0. The molecule has 0 bridgehead atoms. The summed E-state index contributed by atoms with van der Waals surface area (Å²) < 4.78 is 22.9. The van der Waals surface area contributed by atoms with Gasteiger partial charge in [-0.2, -0.15) is 0 Å². The fourth-order valence-electron chi connectivity index (χ4n) is 3.22. The second kappa shape index (κ2) is 6.55. The first-order chi connectivity index (χ1) is 12.1. The number of imide groups is 1. The molecular formula is C16H18ClN3O5S. The zero-order valence-corrected chi connectivity index (χ0v) is 15.6. The van der Waals surface area contributed by atoms with Crippen molar-refractivity contribution in [3.8, 4) is 0 Å². The number of urea groups is 1. The van der Waals surface area contributed by atoms with Crippen LogP contribution in [0, 0.1) is 0 Å². The monoisotopic (exact) mass is 399 g/mol. The highest BCUT2D eigenvalue weighted by Gasteiger charge is 2.50. The normalized spacial score (nSPS) is 27.5. The van der Waals surface area contributed by atoms with Crippen molar-refractivity contribution in [2.45, 2.75) is 24.9 Å². The van der Waals surface area contributed by atoms with Crippen LogP contribution in [0.2, 0.25) is 5.02 Å². The number of hydrogen-bond donors (Lipinski definition) is 2.